The molecule has 3 amide bonds. The number of likely N-dealkylation sites (tertiary alicyclic amines) is 1. The highest BCUT2D eigenvalue weighted by molar-refractivity contribution is 6.02. The summed E-state index contributed by atoms with van der Waals surface area (Å²) < 4.78 is 0. The van der Waals surface area contributed by atoms with Gasteiger partial charge < -0.3 is 26.3 Å². The van der Waals surface area contributed by atoms with Crippen molar-refractivity contribution in [2.45, 2.75) is 38.3 Å². The number of benzene rings is 2. The monoisotopic (exact) mass is 457 g/mol. The average molecular weight is 458 g/mol. The number of fused-ring (bicyclic) bond motifs is 1. The third-order valence-electron chi connectivity index (χ3n) is 6.06. The Bertz CT molecular complexity index is 1270. The molecule has 1 fully saturated rings. The highest BCUT2D eigenvalue weighted by atomic mass is 16.2. The summed E-state index contributed by atoms with van der Waals surface area (Å²) in [6.45, 7) is 2.12. The van der Waals surface area contributed by atoms with Crippen molar-refractivity contribution >= 4 is 40.0 Å². The van der Waals surface area contributed by atoms with Crippen molar-refractivity contribution in [3.05, 3.63) is 59.8 Å². The molecule has 8 heteroatoms. The minimum atomic E-state index is -0.703. The zero-order chi connectivity index (χ0) is 24.2. The number of amides is 3. The van der Waals surface area contributed by atoms with Crippen LogP contribution in [0.2, 0.25) is 0 Å². The molecule has 1 aliphatic rings. The van der Waals surface area contributed by atoms with Crippen LogP contribution >= 0.6 is 0 Å². The second kappa shape index (κ2) is 9.81. The van der Waals surface area contributed by atoms with Crippen LogP contribution < -0.4 is 16.4 Å². The molecule has 2 heterocycles. The minimum absolute atomic E-state index is 0.0377. The van der Waals surface area contributed by atoms with Gasteiger partial charge in [-0.05, 0) is 74.2 Å². The molecule has 8 nitrogen and oxygen atoms in total. The largest absolute Gasteiger partial charge is 0.361 e. The van der Waals surface area contributed by atoms with Crippen molar-refractivity contribution in [1.82, 2.24) is 9.88 Å². The van der Waals surface area contributed by atoms with Gasteiger partial charge in [0.15, 0.2) is 5.78 Å². The van der Waals surface area contributed by atoms with Crippen LogP contribution in [0.1, 0.15) is 35.7 Å². The van der Waals surface area contributed by atoms with Crippen LogP contribution in [-0.4, -0.2) is 46.2 Å². The summed E-state index contributed by atoms with van der Waals surface area (Å²) in [6, 6.07) is 10.9. The van der Waals surface area contributed by atoms with E-state index in [9.17, 15) is 14.4 Å². The predicted molar refractivity (Wildman–Crippen MR) is 133 cm³/mol. The van der Waals surface area contributed by atoms with Crippen LogP contribution in [0, 0.1) is 12.3 Å². The molecule has 4 rings (SSSR count). The Hall–Kier alpha value is -4.09. The molecule has 0 saturated carbocycles. The molecule has 3 aromatic rings. The SMILES string of the molecule is C#C[C@@H]1CCCN1C(=O)[C@H](N)Cc1c[nH]c2ccc(NC(=O)Nc3ccc(C(C)=O)cc3)cc12. The zero-order valence-corrected chi connectivity index (χ0v) is 18.9. The first kappa shape index (κ1) is 23.1. The fraction of sp³-hybridized carbons (Fsp3) is 0.269. The third kappa shape index (κ3) is 4.95. The Morgan fingerprint density at radius 3 is 2.59 bits per heavy atom. The lowest BCUT2D eigenvalue weighted by atomic mass is 10.0. The summed E-state index contributed by atoms with van der Waals surface area (Å²) in [5, 5.41) is 6.43. The van der Waals surface area contributed by atoms with Crippen LogP contribution in [0.3, 0.4) is 0 Å². The van der Waals surface area contributed by atoms with E-state index in [2.05, 4.69) is 21.5 Å². The lowest BCUT2D eigenvalue weighted by Gasteiger charge is -2.24. The molecule has 1 aliphatic heterocycles. The van der Waals surface area contributed by atoms with E-state index in [1.165, 1.54) is 6.92 Å². The van der Waals surface area contributed by atoms with E-state index in [0.29, 0.717) is 29.9 Å². The van der Waals surface area contributed by atoms with Crippen molar-refractivity contribution in [2.24, 2.45) is 5.73 Å². The van der Waals surface area contributed by atoms with E-state index < -0.39 is 12.1 Å². The number of aromatic nitrogens is 1. The van der Waals surface area contributed by atoms with Gasteiger partial charge in [0.2, 0.25) is 5.91 Å². The fourth-order valence-electron chi connectivity index (χ4n) is 4.25. The van der Waals surface area contributed by atoms with E-state index in [4.69, 9.17) is 12.2 Å². The van der Waals surface area contributed by atoms with Crippen molar-refractivity contribution < 1.29 is 14.4 Å². The molecule has 2 aromatic carbocycles. The summed E-state index contributed by atoms with van der Waals surface area (Å²) in [6.07, 6.45) is 9.43. The van der Waals surface area contributed by atoms with E-state index in [0.717, 1.165) is 29.3 Å². The zero-order valence-electron chi connectivity index (χ0n) is 18.9. The molecule has 0 unspecified atom stereocenters. The summed E-state index contributed by atoms with van der Waals surface area (Å²) >= 11 is 0. The molecule has 1 saturated heterocycles. The van der Waals surface area contributed by atoms with E-state index in [1.807, 2.05) is 18.3 Å². The standard InChI is InChI=1S/C26H27N5O3/c1-3-21-5-4-12-31(21)25(33)23(27)13-18-15-28-24-11-10-20(14-22(18)24)30-26(34)29-19-8-6-17(7-9-19)16(2)32/h1,6-11,14-15,21,23,28H,4-5,12-13,27H2,2H3,(H2,29,30,34)/t21-,23-/m1/s1. The molecule has 2 atom stereocenters. The van der Waals surface area contributed by atoms with Gasteiger partial charge in [-0.3, -0.25) is 9.59 Å². The lowest BCUT2D eigenvalue weighted by molar-refractivity contribution is -0.132. The molecule has 0 radical (unpaired) electrons. The smallest absolute Gasteiger partial charge is 0.323 e. The summed E-state index contributed by atoms with van der Waals surface area (Å²) in [4.78, 5) is 41.6. The first-order valence-corrected chi connectivity index (χ1v) is 11.2. The second-order valence-electron chi connectivity index (χ2n) is 8.45. The first-order chi connectivity index (χ1) is 16.4. The van der Waals surface area contributed by atoms with E-state index >= 15 is 0 Å². The van der Waals surface area contributed by atoms with Gasteiger partial charge in [0, 0.05) is 40.6 Å². The fourth-order valence-corrected chi connectivity index (χ4v) is 4.25. The van der Waals surface area contributed by atoms with Crippen molar-refractivity contribution in [3.63, 3.8) is 0 Å². The summed E-state index contributed by atoms with van der Waals surface area (Å²) in [5.41, 5.74) is 9.76. The predicted octanol–water partition coefficient (Wildman–Crippen LogP) is 3.51. The van der Waals surface area contributed by atoms with Gasteiger partial charge in [-0.1, -0.05) is 5.92 Å². The van der Waals surface area contributed by atoms with Crippen LogP contribution in [0.4, 0.5) is 16.2 Å². The Kier molecular flexibility index (Phi) is 6.66. The molecule has 34 heavy (non-hydrogen) atoms. The molecule has 0 bridgehead atoms. The quantitative estimate of drug-likeness (QED) is 0.334. The number of urea groups is 1. The number of terminal acetylenes is 1. The molecule has 0 spiro atoms. The maximum absolute atomic E-state index is 12.8. The van der Waals surface area contributed by atoms with Crippen LogP contribution in [-0.2, 0) is 11.2 Å². The number of Topliss-reactive ketones (excluding diaryl/α,β-unsaturated/α-hetero) is 1. The van der Waals surface area contributed by atoms with Crippen molar-refractivity contribution in [1.29, 1.82) is 0 Å². The second-order valence-corrected chi connectivity index (χ2v) is 8.45. The molecular weight excluding hydrogens is 430 g/mol. The molecule has 0 aliphatic carbocycles. The number of hydrogen-bond acceptors (Lipinski definition) is 4. The highest BCUT2D eigenvalue weighted by Gasteiger charge is 2.30. The van der Waals surface area contributed by atoms with Gasteiger partial charge >= 0.3 is 6.03 Å². The number of H-pyrrole nitrogens is 1. The van der Waals surface area contributed by atoms with Crippen molar-refractivity contribution in [3.8, 4) is 12.3 Å². The topological polar surface area (TPSA) is 120 Å². The van der Waals surface area contributed by atoms with Gasteiger partial charge in [0.05, 0.1) is 12.1 Å². The Labute approximate surface area is 197 Å². The number of carbonyl (C=O) groups excluding carboxylic acids is 3. The maximum Gasteiger partial charge on any atom is 0.323 e. The minimum Gasteiger partial charge on any atom is -0.361 e. The molecule has 174 valence electrons. The van der Waals surface area contributed by atoms with E-state index in [1.54, 1.807) is 35.2 Å². The average Bonchev–Trinajstić information content (AvgIpc) is 3.45. The van der Waals surface area contributed by atoms with Crippen LogP contribution in [0.15, 0.2) is 48.7 Å². The number of hydrogen-bond donors (Lipinski definition) is 4. The normalized spacial score (nSPS) is 16.1. The maximum atomic E-state index is 12.8. The number of nitrogens with zero attached hydrogens (tertiary/aromatic N) is 1. The van der Waals surface area contributed by atoms with Gasteiger partial charge in [0.1, 0.15) is 0 Å². The number of nitrogens with two attached hydrogens (primary N) is 1. The van der Waals surface area contributed by atoms with Gasteiger partial charge in [-0.15, -0.1) is 6.42 Å². The van der Waals surface area contributed by atoms with E-state index in [-0.39, 0.29) is 17.7 Å². The molecule has 1 aromatic heterocycles. The first-order valence-electron chi connectivity index (χ1n) is 11.2. The number of carbonyl (C=O) groups is 3. The number of rotatable bonds is 6. The van der Waals surface area contributed by atoms with Gasteiger partial charge in [0.25, 0.3) is 0 Å². The molecule has 5 N–H and O–H groups in total. The Morgan fingerprint density at radius 2 is 1.88 bits per heavy atom. The third-order valence-corrected chi connectivity index (χ3v) is 6.06. The summed E-state index contributed by atoms with van der Waals surface area (Å²) in [7, 11) is 0. The highest BCUT2D eigenvalue weighted by Crippen LogP contribution is 2.25. The Morgan fingerprint density at radius 1 is 1.18 bits per heavy atom. The summed E-state index contributed by atoms with van der Waals surface area (Å²) in [5.74, 6) is 2.49. The van der Waals surface area contributed by atoms with Crippen LogP contribution in [0.25, 0.3) is 10.9 Å². The number of aromatic amines is 1. The number of nitrogens with one attached hydrogen (secondary N) is 3. The van der Waals surface area contributed by atoms with Gasteiger partial charge in [-0.25, -0.2) is 4.79 Å². The number of anilines is 2. The van der Waals surface area contributed by atoms with Gasteiger partial charge in [-0.2, -0.15) is 0 Å². The number of ketones is 1. The van der Waals surface area contributed by atoms with Crippen LogP contribution in [0.5, 0.6) is 0 Å². The Balaban J connectivity index is 1.43. The lowest BCUT2D eigenvalue weighted by Crippen LogP contribution is -2.46. The molecular formula is C26H27N5O3. The van der Waals surface area contributed by atoms with Crippen molar-refractivity contribution in [2.75, 3.05) is 17.2 Å².